The molecule has 2 aromatic rings. The Hall–Kier alpha value is -2.27. The molecule has 4 N–H and O–H groups in total. The zero-order valence-corrected chi connectivity index (χ0v) is 9.96. The maximum absolute atomic E-state index is 9.77. The zero-order chi connectivity index (χ0) is 13.1. The third-order valence-corrected chi connectivity index (χ3v) is 2.53. The minimum atomic E-state index is -0.138. The molecule has 1 aromatic carbocycles. The lowest BCUT2D eigenvalue weighted by molar-refractivity contribution is 0.450. The van der Waals surface area contributed by atoms with Crippen LogP contribution in [0.15, 0.2) is 41.5 Å². The maximum Gasteiger partial charge on any atom is 0.129 e. The highest BCUT2D eigenvalue weighted by Crippen LogP contribution is 2.25. The second kappa shape index (κ2) is 4.93. The monoisotopic (exact) mass is 263 g/mol. The van der Waals surface area contributed by atoms with Gasteiger partial charge in [0.15, 0.2) is 0 Å². The first kappa shape index (κ1) is 12.2. The molecule has 6 heteroatoms. The van der Waals surface area contributed by atoms with E-state index in [1.165, 1.54) is 18.2 Å². The summed E-state index contributed by atoms with van der Waals surface area (Å²) in [7, 11) is 0. The highest BCUT2D eigenvalue weighted by Gasteiger charge is 2.13. The lowest BCUT2D eigenvalue weighted by atomic mass is 10.1. The lowest BCUT2D eigenvalue weighted by Gasteiger charge is -2.07. The quantitative estimate of drug-likeness (QED) is 0.334. The van der Waals surface area contributed by atoms with Crippen LogP contribution >= 0.6 is 11.6 Å². The van der Waals surface area contributed by atoms with E-state index >= 15 is 0 Å². The van der Waals surface area contributed by atoms with E-state index in [4.69, 9.17) is 17.4 Å². The largest absolute Gasteiger partial charge is 0.508 e. The third-order valence-electron chi connectivity index (χ3n) is 2.32. The smallest absolute Gasteiger partial charge is 0.129 e. The maximum atomic E-state index is 9.77. The Bertz CT molecular complexity index is 614. The van der Waals surface area contributed by atoms with Crippen LogP contribution < -0.4 is 5.84 Å². The third kappa shape index (κ3) is 2.36. The van der Waals surface area contributed by atoms with Gasteiger partial charge in [-0.1, -0.05) is 17.7 Å². The fourth-order valence-corrected chi connectivity index (χ4v) is 1.70. The molecule has 92 valence electrons. The van der Waals surface area contributed by atoms with Crippen molar-refractivity contribution in [3.8, 4) is 11.5 Å². The second-order valence-electron chi connectivity index (χ2n) is 3.52. The van der Waals surface area contributed by atoms with Crippen LogP contribution in [0.4, 0.5) is 0 Å². The number of phenols is 2. The molecule has 0 aliphatic carbocycles. The Morgan fingerprint density at radius 1 is 1.22 bits per heavy atom. The Labute approximate surface area is 108 Å². The summed E-state index contributed by atoms with van der Waals surface area (Å²) in [5, 5.41) is 22.9. The Kier molecular flexibility index (Phi) is 3.34. The molecule has 1 heterocycles. The van der Waals surface area contributed by atoms with Crippen molar-refractivity contribution in [2.24, 2.45) is 10.9 Å². The molecule has 0 aliphatic rings. The number of rotatable bonds is 2. The number of benzene rings is 1. The summed E-state index contributed by atoms with van der Waals surface area (Å²) in [5.74, 6) is 5.14. The minimum absolute atomic E-state index is 0.0494. The molecule has 0 atom stereocenters. The number of aromatic hydroxyl groups is 2. The first-order valence-corrected chi connectivity index (χ1v) is 5.43. The van der Waals surface area contributed by atoms with Crippen LogP contribution in [0.3, 0.4) is 0 Å². The number of hydrogen-bond donors (Lipinski definition) is 3. The molecule has 0 spiro atoms. The summed E-state index contributed by atoms with van der Waals surface area (Å²) in [4.78, 5) is 4.07. The van der Waals surface area contributed by atoms with Gasteiger partial charge in [-0.15, -0.1) is 0 Å². The number of halogens is 1. The molecule has 5 nitrogen and oxygen atoms in total. The molecule has 0 bridgehead atoms. The highest BCUT2D eigenvalue weighted by molar-refractivity contribution is 6.29. The number of nitrogens with zero attached hydrogens (tertiary/aromatic N) is 2. The van der Waals surface area contributed by atoms with Crippen molar-refractivity contribution < 1.29 is 10.2 Å². The molecule has 0 fully saturated rings. The van der Waals surface area contributed by atoms with E-state index in [2.05, 4.69) is 10.1 Å². The summed E-state index contributed by atoms with van der Waals surface area (Å²) in [6, 6.07) is 9.11. The van der Waals surface area contributed by atoms with E-state index in [-0.39, 0.29) is 17.2 Å². The molecule has 0 saturated carbocycles. The van der Waals surface area contributed by atoms with E-state index in [1.54, 1.807) is 18.2 Å². The van der Waals surface area contributed by atoms with Gasteiger partial charge in [0.1, 0.15) is 22.4 Å². The molecule has 0 unspecified atom stereocenters. The predicted molar refractivity (Wildman–Crippen MR) is 68.8 cm³/mol. The molecule has 0 saturated heterocycles. The standard InChI is InChI=1S/C12H10ClN3O2/c13-11-3-1-2-9(15-11)12(16-14)8-5-4-7(17)6-10(8)18/h1-6,17-18H,14H2/b16-12+. The van der Waals surface area contributed by atoms with Crippen LogP contribution in [0, 0.1) is 0 Å². The second-order valence-corrected chi connectivity index (χ2v) is 3.91. The van der Waals surface area contributed by atoms with E-state index in [0.717, 1.165) is 0 Å². The lowest BCUT2D eigenvalue weighted by Crippen LogP contribution is -2.08. The first-order chi connectivity index (χ1) is 8.61. The molecular formula is C12H10ClN3O2. The summed E-state index contributed by atoms with van der Waals surface area (Å²) in [6.07, 6.45) is 0. The number of aromatic nitrogens is 1. The van der Waals surface area contributed by atoms with Crippen LogP contribution in [0.1, 0.15) is 11.3 Å². The van der Waals surface area contributed by atoms with Gasteiger partial charge in [-0.2, -0.15) is 5.10 Å². The minimum Gasteiger partial charge on any atom is -0.508 e. The van der Waals surface area contributed by atoms with Gasteiger partial charge in [0.25, 0.3) is 0 Å². The summed E-state index contributed by atoms with van der Waals surface area (Å²) in [6.45, 7) is 0. The normalized spacial score (nSPS) is 11.5. The van der Waals surface area contributed by atoms with E-state index < -0.39 is 0 Å². The molecule has 0 radical (unpaired) electrons. The van der Waals surface area contributed by atoms with Gasteiger partial charge in [-0.25, -0.2) is 4.98 Å². The van der Waals surface area contributed by atoms with Crippen molar-refractivity contribution in [3.63, 3.8) is 0 Å². The highest BCUT2D eigenvalue weighted by atomic mass is 35.5. The predicted octanol–water partition coefficient (Wildman–Crippen LogP) is 1.86. The number of hydrogen-bond acceptors (Lipinski definition) is 5. The number of hydrazone groups is 1. The molecule has 0 amide bonds. The Balaban J connectivity index is 2.53. The fraction of sp³-hybridized carbons (Fsp3) is 0. The average molecular weight is 264 g/mol. The van der Waals surface area contributed by atoms with E-state index in [1.807, 2.05) is 0 Å². The Morgan fingerprint density at radius 3 is 2.61 bits per heavy atom. The van der Waals surface area contributed by atoms with Crippen molar-refractivity contribution in [2.45, 2.75) is 0 Å². The Morgan fingerprint density at radius 2 is 2.00 bits per heavy atom. The van der Waals surface area contributed by atoms with Crippen molar-refractivity contribution >= 4 is 17.3 Å². The van der Waals surface area contributed by atoms with Crippen molar-refractivity contribution in [1.82, 2.24) is 4.98 Å². The average Bonchev–Trinajstić information content (AvgIpc) is 2.33. The van der Waals surface area contributed by atoms with Crippen LogP contribution in [-0.4, -0.2) is 20.9 Å². The van der Waals surface area contributed by atoms with Crippen molar-refractivity contribution in [2.75, 3.05) is 0 Å². The molecule has 1 aromatic heterocycles. The zero-order valence-electron chi connectivity index (χ0n) is 9.21. The summed E-state index contributed by atoms with van der Waals surface area (Å²) >= 11 is 5.79. The number of phenolic OH excluding ortho intramolecular Hbond substituents is 2. The SMILES string of the molecule is N/N=C(/c1cccc(Cl)n1)c1ccc(O)cc1O. The van der Waals surface area contributed by atoms with Gasteiger partial charge in [-0.3, -0.25) is 0 Å². The fourth-order valence-electron chi connectivity index (χ4n) is 1.53. The van der Waals surface area contributed by atoms with Gasteiger partial charge in [0.2, 0.25) is 0 Å². The van der Waals surface area contributed by atoms with Crippen LogP contribution in [0.2, 0.25) is 5.15 Å². The summed E-state index contributed by atoms with van der Waals surface area (Å²) < 4.78 is 0. The molecular weight excluding hydrogens is 254 g/mol. The van der Waals surface area contributed by atoms with Gasteiger partial charge in [0.05, 0.1) is 5.69 Å². The van der Waals surface area contributed by atoms with Crippen LogP contribution in [-0.2, 0) is 0 Å². The van der Waals surface area contributed by atoms with Crippen molar-refractivity contribution in [1.29, 1.82) is 0 Å². The van der Waals surface area contributed by atoms with Crippen molar-refractivity contribution in [3.05, 3.63) is 52.8 Å². The van der Waals surface area contributed by atoms with Crippen LogP contribution in [0.25, 0.3) is 0 Å². The van der Waals surface area contributed by atoms with Gasteiger partial charge in [0, 0.05) is 11.6 Å². The molecule has 2 rings (SSSR count). The summed E-state index contributed by atoms with van der Waals surface area (Å²) in [5.41, 5.74) is 1.09. The van der Waals surface area contributed by atoms with Gasteiger partial charge in [-0.05, 0) is 24.3 Å². The molecule has 0 aliphatic heterocycles. The van der Waals surface area contributed by atoms with E-state index in [9.17, 15) is 10.2 Å². The topological polar surface area (TPSA) is 91.7 Å². The molecule has 18 heavy (non-hydrogen) atoms. The first-order valence-electron chi connectivity index (χ1n) is 5.05. The van der Waals surface area contributed by atoms with Crippen LogP contribution in [0.5, 0.6) is 11.5 Å². The van der Waals surface area contributed by atoms with Gasteiger partial charge < -0.3 is 16.1 Å². The number of pyridine rings is 1. The van der Waals surface area contributed by atoms with E-state index in [0.29, 0.717) is 16.4 Å². The van der Waals surface area contributed by atoms with Gasteiger partial charge >= 0.3 is 0 Å². The number of nitrogens with two attached hydrogens (primary N) is 1.